The molecule has 16 heavy (non-hydrogen) atoms. The zero-order chi connectivity index (χ0) is 12.1. The van der Waals surface area contributed by atoms with Gasteiger partial charge in [-0.1, -0.05) is 15.9 Å². The van der Waals surface area contributed by atoms with Crippen molar-refractivity contribution in [1.82, 2.24) is 4.90 Å². The summed E-state index contributed by atoms with van der Waals surface area (Å²) in [6.07, 6.45) is 0.325. The molecule has 0 saturated carbocycles. The highest BCUT2D eigenvalue weighted by molar-refractivity contribution is 9.10. The highest BCUT2D eigenvalue weighted by Gasteiger charge is 2.12. The normalized spacial score (nSPS) is 9.56. The Bertz CT molecular complexity index is 419. The summed E-state index contributed by atoms with van der Waals surface area (Å²) in [5, 5.41) is 8.44. The van der Waals surface area contributed by atoms with E-state index in [1.54, 1.807) is 25.2 Å². The van der Waals surface area contributed by atoms with Gasteiger partial charge in [0.2, 0.25) is 0 Å². The number of rotatable bonds is 3. The SMILES string of the molecule is CN(CCC#N)C(=O)c1cc(N)cc(Br)c1. The van der Waals surface area contributed by atoms with Gasteiger partial charge in [0.25, 0.3) is 5.91 Å². The average molecular weight is 282 g/mol. The molecule has 2 N–H and O–H groups in total. The molecule has 5 heteroatoms. The van der Waals surface area contributed by atoms with Crippen molar-refractivity contribution in [2.24, 2.45) is 0 Å². The number of hydrogen-bond acceptors (Lipinski definition) is 3. The van der Waals surface area contributed by atoms with E-state index in [0.717, 1.165) is 4.47 Å². The van der Waals surface area contributed by atoms with Crippen LogP contribution in [0.4, 0.5) is 5.69 Å². The van der Waals surface area contributed by atoms with Gasteiger partial charge >= 0.3 is 0 Å². The van der Waals surface area contributed by atoms with E-state index in [1.807, 2.05) is 6.07 Å². The molecule has 0 fully saturated rings. The molecule has 0 aromatic heterocycles. The Morgan fingerprint density at radius 3 is 2.81 bits per heavy atom. The lowest BCUT2D eigenvalue weighted by molar-refractivity contribution is 0.0798. The molecule has 1 rings (SSSR count). The predicted octanol–water partition coefficient (Wildman–Crippen LogP) is 2.02. The fourth-order valence-electron chi connectivity index (χ4n) is 1.28. The van der Waals surface area contributed by atoms with Crippen LogP contribution in [-0.2, 0) is 0 Å². The van der Waals surface area contributed by atoms with E-state index in [1.165, 1.54) is 4.90 Å². The number of carbonyl (C=O) groups is 1. The van der Waals surface area contributed by atoms with Crippen LogP contribution in [0.1, 0.15) is 16.8 Å². The second kappa shape index (κ2) is 5.52. The van der Waals surface area contributed by atoms with Gasteiger partial charge in [0.1, 0.15) is 0 Å². The largest absolute Gasteiger partial charge is 0.399 e. The summed E-state index contributed by atoms with van der Waals surface area (Å²) in [5.74, 6) is -0.136. The van der Waals surface area contributed by atoms with E-state index >= 15 is 0 Å². The minimum Gasteiger partial charge on any atom is -0.399 e. The number of amides is 1. The van der Waals surface area contributed by atoms with Crippen molar-refractivity contribution >= 4 is 27.5 Å². The fourth-order valence-corrected chi connectivity index (χ4v) is 1.79. The van der Waals surface area contributed by atoms with Gasteiger partial charge in [-0.3, -0.25) is 4.79 Å². The van der Waals surface area contributed by atoms with Crippen LogP contribution in [0.25, 0.3) is 0 Å². The second-order valence-corrected chi connectivity index (χ2v) is 4.32. The van der Waals surface area contributed by atoms with Gasteiger partial charge in [-0.2, -0.15) is 5.26 Å². The molecule has 0 radical (unpaired) electrons. The standard InChI is InChI=1S/C11H12BrN3O/c1-15(4-2-3-13)11(16)8-5-9(12)7-10(14)6-8/h5-7H,2,4,14H2,1H3. The van der Waals surface area contributed by atoms with Crippen LogP contribution in [0.5, 0.6) is 0 Å². The van der Waals surface area contributed by atoms with Gasteiger partial charge in [0.15, 0.2) is 0 Å². The molecule has 0 saturated heterocycles. The van der Waals surface area contributed by atoms with Gasteiger partial charge in [-0.05, 0) is 18.2 Å². The van der Waals surface area contributed by atoms with Gasteiger partial charge in [-0.15, -0.1) is 0 Å². The molecule has 1 aromatic rings. The van der Waals surface area contributed by atoms with E-state index in [9.17, 15) is 4.79 Å². The van der Waals surface area contributed by atoms with E-state index in [-0.39, 0.29) is 5.91 Å². The summed E-state index contributed by atoms with van der Waals surface area (Å²) < 4.78 is 0.768. The molecule has 0 spiro atoms. The first-order valence-electron chi connectivity index (χ1n) is 4.73. The monoisotopic (exact) mass is 281 g/mol. The number of benzene rings is 1. The molecule has 0 aliphatic rings. The first-order valence-corrected chi connectivity index (χ1v) is 5.52. The second-order valence-electron chi connectivity index (χ2n) is 3.41. The quantitative estimate of drug-likeness (QED) is 0.862. The third-order valence-corrected chi connectivity index (χ3v) is 2.53. The van der Waals surface area contributed by atoms with Gasteiger partial charge < -0.3 is 10.6 Å². The Kier molecular flexibility index (Phi) is 4.32. The zero-order valence-electron chi connectivity index (χ0n) is 8.90. The molecular weight excluding hydrogens is 270 g/mol. The van der Waals surface area contributed by atoms with Crippen molar-refractivity contribution in [3.05, 3.63) is 28.2 Å². The van der Waals surface area contributed by atoms with Gasteiger partial charge in [0.05, 0.1) is 12.5 Å². The average Bonchev–Trinajstić information content (AvgIpc) is 2.23. The highest BCUT2D eigenvalue weighted by atomic mass is 79.9. The molecule has 0 bridgehead atoms. The summed E-state index contributed by atoms with van der Waals surface area (Å²) in [5.41, 5.74) is 6.70. The number of nitriles is 1. The zero-order valence-corrected chi connectivity index (χ0v) is 10.5. The summed E-state index contributed by atoms with van der Waals surface area (Å²) in [7, 11) is 1.66. The minimum absolute atomic E-state index is 0.136. The van der Waals surface area contributed by atoms with E-state index in [0.29, 0.717) is 24.2 Å². The summed E-state index contributed by atoms with van der Waals surface area (Å²) in [4.78, 5) is 13.4. The van der Waals surface area contributed by atoms with E-state index in [4.69, 9.17) is 11.0 Å². The number of nitrogens with two attached hydrogens (primary N) is 1. The number of hydrogen-bond donors (Lipinski definition) is 1. The summed E-state index contributed by atoms with van der Waals surface area (Å²) in [6, 6.07) is 7.06. The van der Waals surface area contributed by atoms with Crippen molar-refractivity contribution in [3.63, 3.8) is 0 Å². The van der Waals surface area contributed by atoms with Crippen LogP contribution >= 0.6 is 15.9 Å². The highest BCUT2D eigenvalue weighted by Crippen LogP contribution is 2.18. The first kappa shape index (κ1) is 12.5. The predicted molar refractivity (Wildman–Crippen MR) is 65.7 cm³/mol. The maximum absolute atomic E-state index is 11.9. The van der Waals surface area contributed by atoms with Crippen LogP contribution in [-0.4, -0.2) is 24.4 Å². The molecular formula is C11H12BrN3O. The Labute approximate surface area is 103 Å². The number of nitrogen functional groups attached to an aromatic ring is 1. The minimum atomic E-state index is -0.136. The Morgan fingerprint density at radius 2 is 2.25 bits per heavy atom. The molecule has 0 unspecified atom stereocenters. The number of halogens is 1. The third-order valence-electron chi connectivity index (χ3n) is 2.07. The van der Waals surface area contributed by atoms with Crippen molar-refractivity contribution in [2.75, 3.05) is 19.3 Å². The molecule has 0 aliphatic carbocycles. The molecule has 0 aliphatic heterocycles. The fraction of sp³-hybridized carbons (Fsp3) is 0.273. The lowest BCUT2D eigenvalue weighted by atomic mass is 10.2. The number of anilines is 1. The van der Waals surface area contributed by atoms with Crippen LogP contribution in [0, 0.1) is 11.3 Å². The lowest BCUT2D eigenvalue weighted by Gasteiger charge is -2.15. The van der Waals surface area contributed by atoms with Gasteiger partial charge in [-0.25, -0.2) is 0 Å². The van der Waals surface area contributed by atoms with Crippen molar-refractivity contribution in [2.45, 2.75) is 6.42 Å². The van der Waals surface area contributed by atoms with Crippen molar-refractivity contribution in [1.29, 1.82) is 5.26 Å². The maximum atomic E-state index is 11.9. The van der Waals surface area contributed by atoms with E-state index < -0.39 is 0 Å². The van der Waals surface area contributed by atoms with E-state index in [2.05, 4.69) is 15.9 Å². The Hall–Kier alpha value is -1.54. The smallest absolute Gasteiger partial charge is 0.253 e. The van der Waals surface area contributed by atoms with Crippen LogP contribution in [0.2, 0.25) is 0 Å². The molecule has 84 valence electrons. The molecule has 1 aromatic carbocycles. The van der Waals surface area contributed by atoms with Crippen molar-refractivity contribution < 1.29 is 4.79 Å². The van der Waals surface area contributed by atoms with Crippen LogP contribution < -0.4 is 5.73 Å². The number of carbonyl (C=O) groups excluding carboxylic acids is 1. The topological polar surface area (TPSA) is 70.1 Å². The Morgan fingerprint density at radius 1 is 1.56 bits per heavy atom. The van der Waals surface area contributed by atoms with Crippen LogP contribution in [0.3, 0.4) is 0 Å². The van der Waals surface area contributed by atoms with Gasteiger partial charge in [0, 0.05) is 29.3 Å². The van der Waals surface area contributed by atoms with Crippen molar-refractivity contribution in [3.8, 4) is 6.07 Å². The summed E-state index contributed by atoms with van der Waals surface area (Å²) in [6.45, 7) is 0.418. The lowest BCUT2D eigenvalue weighted by Crippen LogP contribution is -2.27. The van der Waals surface area contributed by atoms with Crippen LogP contribution in [0.15, 0.2) is 22.7 Å². The molecule has 0 atom stereocenters. The first-order chi connectivity index (χ1) is 7.54. The Balaban J connectivity index is 2.84. The molecule has 0 heterocycles. The number of nitrogens with zero attached hydrogens (tertiary/aromatic N) is 2. The molecule has 1 amide bonds. The summed E-state index contributed by atoms with van der Waals surface area (Å²) >= 11 is 3.28. The third kappa shape index (κ3) is 3.24. The molecule has 4 nitrogen and oxygen atoms in total. The maximum Gasteiger partial charge on any atom is 0.253 e.